The molecule has 1 aliphatic heterocycles. The number of carbonyl (C=O) groups excluding carboxylic acids is 2. The van der Waals surface area contributed by atoms with Crippen LogP contribution in [0, 0.1) is 18.3 Å². The Morgan fingerprint density at radius 2 is 1.85 bits per heavy atom. The highest BCUT2D eigenvalue weighted by Gasteiger charge is 2.23. The number of benzene rings is 2. The number of carbonyl (C=O) groups is 3. The molecule has 4 rings (SSSR count). The summed E-state index contributed by atoms with van der Waals surface area (Å²) in [7, 11) is 1.40. The van der Waals surface area contributed by atoms with Crippen LogP contribution in [0.4, 0.5) is 17.2 Å². The van der Waals surface area contributed by atoms with Gasteiger partial charge < -0.3 is 25.4 Å². The second kappa shape index (κ2) is 12.8. The lowest BCUT2D eigenvalue weighted by Gasteiger charge is -2.28. The molecule has 40 heavy (non-hydrogen) atoms. The van der Waals surface area contributed by atoms with Crippen LogP contribution < -0.4 is 15.4 Å². The van der Waals surface area contributed by atoms with Crippen molar-refractivity contribution in [3.63, 3.8) is 0 Å². The summed E-state index contributed by atoms with van der Waals surface area (Å²) in [6, 6.07) is 12.7. The fourth-order valence-corrected chi connectivity index (χ4v) is 4.29. The number of terminal acetylenes is 1. The first kappa shape index (κ1) is 28.1. The van der Waals surface area contributed by atoms with Crippen LogP contribution in [0.2, 0.25) is 5.02 Å². The first-order chi connectivity index (χ1) is 19.3. The minimum Gasteiger partial charge on any atom is -0.494 e. The number of hydrogen-bond donors (Lipinski definition) is 3. The number of pyridine rings is 1. The largest absolute Gasteiger partial charge is 0.494 e. The van der Waals surface area contributed by atoms with Crippen molar-refractivity contribution >= 4 is 52.9 Å². The molecule has 3 N–H and O–H groups in total. The Hall–Kier alpha value is -4.88. The normalized spacial score (nSPS) is 13.5. The molecule has 204 valence electrons. The molecule has 2 heterocycles. The summed E-state index contributed by atoms with van der Waals surface area (Å²) in [6.07, 6.45) is 9.63. The number of ether oxygens (including phenoxy) is 1. The van der Waals surface area contributed by atoms with Crippen LogP contribution in [0.15, 0.2) is 59.7 Å². The average Bonchev–Trinajstić information content (AvgIpc) is 2.97. The number of aliphatic carboxylic acids is 1. The number of methoxy groups -OCH3 is 1. The zero-order valence-corrected chi connectivity index (χ0v) is 22.3. The number of piperidine rings is 1. The Bertz CT molecular complexity index is 1470. The Morgan fingerprint density at radius 3 is 2.45 bits per heavy atom. The number of nitrogens with zero attached hydrogens (tertiary/aromatic N) is 3. The Kier molecular flexibility index (Phi) is 8.99. The highest BCUT2D eigenvalue weighted by Crippen LogP contribution is 2.33. The number of halogens is 1. The molecular formula is C29H26ClN5O5. The Morgan fingerprint density at radius 1 is 1.12 bits per heavy atom. The maximum Gasteiger partial charge on any atom is 0.306 e. The van der Waals surface area contributed by atoms with Gasteiger partial charge in [0.25, 0.3) is 11.8 Å². The summed E-state index contributed by atoms with van der Waals surface area (Å²) in [4.78, 5) is 47.9. The number of likely N-dealkylation sites (tertiary alicyclic amines) is 1. The van der Waals surface area contributed by atoms with Crippen molar-refractivity contribution in [2.24, 2.45) is 10.9 Å². The van der Waals surface area contributed by atoms with E-state index in [2.05, 4.69) is 26.5 Å². The van der Waals surface area contributed by atoms with Crippen LogP contribution in [0.1, 0.15) is 39.1 Å². The van der Waals surface area contributed by atoms with Gasteiger partial charge in [0.15, 0.2) is 0 Å². The van der Waals surface area contributed by atoms with Crippen LogP contribution in [0.25, 0.3) is 0 Å². The lowest BCUT2D eigenvalue weighted by molar-refractivity contribution is -0.143. The number of anilines is 2. The van der Waals surface area contributed by atoms with Crippen LogP contribution in [0.5, 0.6) is 5.75 Å². The topological polar surface area (TPSA) is 133 Å². The van der Waals surface area contributed by atoms with Gasteiger partial charge in [-0.3, -0.25) is 14.4 Å². The third-order valence-corrected chi connectivity index (χ3v) is 6.54. The molecule has 0 saturated carbocycles. The highest BCUT2D eigenvalue weighted by atomic mass is 35.5. The van der Waals surface area contributed by atoms with Gasteiger partial charge in [-0.25, -0.2) is 9.98 Å². The third-order valence-electron chi connectivity index (χ3n) is 6.32. The van der Waals surface area contributed by atoms with Gasteiger partial charge in [0.2, 0.25) is 0 Å². The molecule has 1 aliphatic rings. The van der Waals surface area contributed by atoms with Gasteiger partial charge in [0.05, 0.1) is 36.3 Å². The van der Waals surface area contributed by atoms with E-state index in [0.29, 0.717) is 42.7 Å². The van der Waals surface area contributed by atoms with Gasteiger partial charge in [-0.2, -0.15) is 0 Å². The molecular weight excluding hydrogens is 534 g/mol. The number of hydrogen-bond acceptors (Lipinski definition) is 6. The molecule has 0 radical (unpaired) electrons. The molecule has 1 aromatic heterocycles. The van der Waals surface area contributed by atoms with Gasteiger partial charge in [-0.05, 0) is 55.3 Å². The molecule has 0 aliphatic carbocycles. The van der Waals surface area contributed by atoms with Crippen molar-refractivity contribution in [2.45, 2.75) is 12.8 Å². The second-order valence-electron chi connectivity index (χ2n) is 8.96. The van der Waals surface area contributed by atoms with Gasteiger partial charge in [-0.15, -0.1) is 6.42 Å². The minimum atomic E-state index is -0.762. The molecule has 1 fully saturated rings. The van der Waals surface area contributed by atoms with Crippen molar-refractivity contribution in [1.29, 1.82) is 0 Å². The predicted molar refractivity (Wildman–Crippen MR) is 153 cm³/mol. The molecule has 2 aromatic carbocycles. The first-order valence-electron chi connectivity index (χ1n) is 12.3. The van der Waals surface area contributed by atoms with Crippen LogP contribution in [-0.2, 0) is 4.79 Å². The van der Waals surface area contributed by atoms with Crippen molar-refractivity contribution in [3.8, 4) is 18.1 Å². The highest BCUT2D eigenvalue weighted by molar-refractivity contribution is 6.31. The number of aliphatic imine (C=N–C) groups is 1. The van der Waals surface area contributed by atoms with E-state index in [1.54, 1.807) is 42.7 Å². The molecule has 0 bridgehead atoms. The number of carboxylic acid groups (broad SMARTS) is 1. The summed E-state index contributed by atoms with van der Waals surface area (Å²) >= 11 is 6.21. The van der Waals surface area contributed by atoms with Gasteiger partial charge in [-0.1, -0.05) is 17.5 Å². The minimum absolute atomic E-state index is 0.0772. The van der Waals surface area contributed by atoms with Crippen molar-refractivity contribution in [2.75, 3.05) is 30.8 Å². The Labute approximate surface area is 236 Å². The molecule has 10 nitrogen and oxygen atoms in total. The Balaban J connectivity index is 1.47. The fraction of sp³-hybridized carbons (Fsp3) is 0.207. The number of amides is 2. The molecule has 11 heteroatoms. The van der Waals surface area contributed by atoms with E-state index in [9.17, 15) is 14.4 Å². The lowest BCUT2D eigenvalue weighted by Crippen LogP contribution is -2.35. The number of nitrogens with one attached hydrogen (secondary N) is 2. The van der Waals surface area contributed by atoms with E-state index in [0.717, 1.165) is 0 Å². The molecule has 2 amide bonds. The summed E-state index contributed by atoms with van der Waals surface area (Å²) in [6.45, 7) is 1.23. The maximum atomic E-state index is 13.1. The zero-order valence-electron chi connectivity index (χ0n) is 21.6. The maximum absolute atomic E-state index is 13.1. The SMILES string of the molecule is C#Cc1ccc(NC(=O)c2cc(Cl)cc(OC)c2NC(=O)c2ccc(N=CN3CCC(C(=O)O)CC3)cc2)nc1. The summed E-state index contributed by atoms with van der Waals surface area (Å²) < 4.78 is 5.39. The van der Waals surface area contributed by atoms with E-state index in [1.165, 1.54) is 25.4 Å². The molecule has 0 spiro atoms. The van der Waals surface area contributed by atoms with E-state index >= 15 is 0 Å². The van der Waals surface area contributed by atoms with E-state index in [1.807, 2.05) is 4.90 Å². The zero-order chi connectivity index (χ0) is 28.6. The predicted octanol–water partition coefficient (Wildman–Crippen LogP) is 4.69. The van der Waals surface area contributed by atoms with Gasteiger partial charge in [0, 0.05) is 41.5 Å². The smallest absolute Gasteiger partial charge is 0.306 e. The second-order valence-corrected chi connectivity index (χ2v) is 9.39. The summed E-state index contributed by atoms with van der Waals surface area (Å²) in [5.74, 6) is 0.811. The van der Waals surface area contributed by atoms with Crippen LogP contribution >= 0.6 is 11.6 Å². The van der Waals surface area contributed by atoms with Crippen LogP contribution in [0.3, 0.4) is 0 Å². The average molecular weight is 560 g/mol. The number of rotatable bonds is 8. The van der Waals surface area contributed by atoms with Crippen molar-refractivity contribution in [3.05, 3.63) is 76.4 Å². The lowest BCUT2D eigenvalue weighted by atomic mass is 9.98. The third kappa shape index (κ3) is 6.95. The van der Waals surface area contributed by atoms with E-state index in [4.69, 9.17) is 27.9 Å². The van der Waals surface area contributed by atoms with Crippen molar-refractivity contribution in [1.82, 2.24) is 9.88 Å². The fourth-order valence-electron chi connectivity index (χ4n) is 4.08. The van der Waals surface area contributed by atoms with Gasteiger partial charge >= 0.3 is 5.97 Å². The molecule has 3 aromatic rings. The molecule has 0 unspecified atom stereocenters. The quantitative estimate of drug-likeness (QED) is 0.207. The van der Waals surface area contributed by atoms with Gasteiger partial charge in [0.1, 0.15) is 11.6 Å². The van der Waals surface area contributed by atoms with Crippen LogP contribution in [-0.4, -0.2) is 59.3 Å². The number of aromatic nitrogens is 1. The molecule has 1 saturated heterocycles. The number of carboxylic acids is 1. The summed E-state index contributed by atoms with van der Waals surface area (Å²) in [5, 5.41) is 14.8. The van der Waals surface area contributed by atoms with Crippen molar-refractivity contribution < 1.29 is 24.2 Å². The van der Waals surface area contributed by atoms with E-state index in [-0.39, 0.29) is 33.8 Å². The molecule has 0 atom stereocenters. The first-order valence-corrected chi connectivity index (χ1v) is 12.7. The summed E-state index contributed by atoms with van der Waals surface area (Å²) in [5.41, 5.74) is 1.74. The monoisotopic (exact) mass is 559 g/mol. The van der Waals surface area contributed by atoms with E-state index < -0.39 is 17.8 Å². The standard InChI is InChI=1S/C29H26ClN5O5/c1-3-18-4-9-25(31-16-18)33-28(37)23-14-21(30)15-24(40-2)26(23)34-27(36)19-5-7-22(8-6-19)32-17-35-12-10-20(11-13-35)29(38)39/h1,4-9,14-17,20H,10-13H2,2H3,(H,34,36)(H,38,39)(H,31,33,37).